The van der Waals surface area contributed by atoms with E-state index in [1.54, 1.807) is 12.1 Å². The van der Waals surface area contributed by atoms with Crippen LogP contribution < -0.4 is 0 Å². The smallest absolute Gasteiger partial charge is 0.123 e. The maximum absolute atomic E-state index is 12.9. The van der Waals surface area contributed by atoms with Gasteiger partial charge < -0.3 is 14.7 Å². The van der Waals surface area contributed by atoms with Gasteiger partial charge in [-0.25, -0.2) is 4.39 Å². The number of nitrogens with zero attached hydrogens (tertiary/aromatic N) is 2. The van der Waals surface area contributed by atoms with E-state index in [4.69, 9.17) is 4.74 Å². The molecular formula is C18H27FN2O2. The van der Waals surface area contributed by atoms with Crippen LogP contribution in [0.2, 0.25) is 0 Å². The minimum Gasteiger partial charge on any atom is -0.387 e. The zero-order valence-corrected chi connectivity index (χ0v) is 13.7. The number of halogens is 1. The van der Waals surface area contributed by atoms with E-state index in [1.165, 1.54) is 31.5 Å². The van der Waals surface area contributed by atoms with Crippen molar-refractivity contribution in [1.29, 1.82) is 0 Å². The van der Waals surface area contributed by atoms with Gasteiger partial charge in [-0.1, -0.05) is 12.1 Å². The second-order valence-corrected chi connectivity index (χ2v) is 6.72. The molecule has 1 unspecified atom stereocenters. The number of rotatable bonds is 5. The summed E-state index contributed by atoms with van der Waals surface area (Å²) in [5, 5.41) is 10.3. The lowest BCUT2D eigenvalue weighted by Gasteiger charge is -2.36. The Kier molecular flexibility index (Phi) is 6.00. The molecule has 128 valence electrons. The van der Waals surface area contributed by atoms with Crippen molar-refractivity contribution >= 4 is 0 Å². The van der Waals surface area contributed by atoms with Crippen LogP contribution in [-0.2, 0) is 4.74 Å². The molecular weight excluding hydrogens is 295 g/mol. The van der Waals surface area contributed by atoms with Crippen LogP contribution in [0.1, 0.15) is 24.5 Å². The van der Waals surface area contributed by atoms with Crippen molar-refractivity contribution in [3.8, 4) is 0 Å². The van der Waals surface area contributed by atoms with Crippen LogP contribution in [0.25, 0.3) is 0 Å². The van der Waals surface area contributed by atoms with Crippen molar-refractivity contribution < 1.29 is 14.2 Å². The summed E-state index contributed by atoms with van der Waals surface area (Å²) < 4.78 is 18.3. The molecule has 0 aliphatic carbocycles. The van der Waals surface area contributed by atoms with Crippen molar-refractivity contribution in [2.75, 3.05) is 52.5 Å². The number of hydrogen-bond donors (Lipinski definition) is 1. The van der Waals surface area contributed by atoms with Crippen LogP contribution in [0, 0.1) is 11.7 Å². The number of β-amino-alcohol motifs (C(OH)–C–C–N with tert-alkyl or cyclic N) is 1. The molecule has 1 aromatic rings. The van der Waals surface area contributed by atoms with Gasteiger partial charge in [0.25, 0.3) is 0 Å². The van der Waals surface area contributed by atoms with Gasteiger partial charge in [-0.05, 0) is 49.5 Å². The number of piperidine rings is 1. The fraction of sp³-hybridized carbons (Fsp3) is 0.667. The van der Waals surface area contributed by atoms with Crippen LogP contribution >= 0.6 is 0 Å². The van der Waals surface area contributed by atoms with E-state index in [-0.39, 0.29) is 5.82 Å². The van der Waals surface area contributed by atoms with E-state index in [9.17, 15) is 9.50 Å². The standard InChI is InChI=1S/C18H27FN2O2/c19-17-3-1-16(2-4-17)18(22)14-20-7-5-15(6-8-20)13-21-9-11-23-12-10-21/h1-4,15,18,22H,5-14H2. The highest BCUT2D eigenvalue weighted by Crippen LogP contribution is 2.22. The first kappa shape index (κ1) is 16.8. The first-order chi connectivity index (χ1) is 11.2. The number of aliphatic hydroxyl groups excluding tert-OH is 1. The molecule has 0 bridgehead atoms. The molecule has 2 heterocycles. The molecule has 0 saturated carbocycles. The number of ether oxygens (including phenoxy) is 1. The zero-order valence-electron chi connectivity index (χ0n) is 13.7. The van der Waals surface area contributed by atoms with Crippen molar-refractivity contribution in [3.05, 3.63) is 35.6 Å². The molecule has 4 nitrogen and oxygen atoms in total. The summed E-state index contributed by atoms with van der Waals surface area (Å²) in [6, 6.07) is 6.16. The molecule has 3 rings (SSSR count). The van der Waals surface area contributed by atoms with Gasteiger partial charge in [0.1, 0.15) is 5.82 Å². The predicted octanol–water partition coefficient (Wildman–Crippen LogP) is 1.90. The highest BCUT2D eigenvalue weighted by Gasteiger charge is 2.23. The quantitative estimate of drug-likeness (QED) is 0.898. The zero-order chi connectivity index (χ0) is 16.1. The second-order valence-electron chi connectivity index (χ2n) is 6.72. The molecule has 2 aliphatic rings. The Morgan fingerprint density at radius 1 is 1.04 bits per heavy atom. The van der Waals surface area contributed by atoms with Gasteiger partial charge in [-0.3, -0.25) is 4.90 Å². The summed E-state index contributed by atoms with van der Waals surface area (Å²) in [6.07, 6.45) is 1.84. The van der Waals surface area contributed by atoms with Gasteiger partial charge in [-0.2, -0.15) is 0 Å². The van der Waals surface area contributed by atoms with Crippen molar-refractivity contribution in [2.24, 2.45) is 5.92 Å². The van der Waals surface area contributed by atoms with Crippen LogP contribution in [0.3, 0.4) is 0 Å². The number of hydrogen-bond acceptors (Lipinski definition) is 4. The topological polar surface area (TPSA) is 35.9 Å². The van der Waals surface area contributed by atoms with E-state index in [0.717, 1.165) is 50.9 Å². The van der Waals surface area contributed by atoms with Gasteiger partial charge >= 0.3 is 0 Å². The van der Waals surface area contributed by atoms with Crippen LogP contribution in [-0.4, -0.2) is 67.4 Å². The third-order valence-electron chi connectivity index (χ3n) is 5.01. The molecule has 1 aromatic carbocycles. The van der Waals surface area contributed by atoms with Crippen LogP contribution in [0.4, 0.5) is 4.39 Å². The summed E-state index contributed by atoms with van der Waals surface area (Å²) in [4.78, 5) is 4.83. The van der Waals surface area contributed by atoms with Gasteiger partial charge in [0.15, 0.2) is 0 Å². The SMILES string of the molecule is OC(CN1CCC(CN2CCOCC2)CC1)c1ccc(F)cc1. The maximum Gasteiger partial charge on any atom is 0.123 e. The van der Waals surface area contributed by atoms with Crippen LogP contribution in [0.5, 0.6) is 0 Å². The highest BCUT2D eigenvalue weighted by molar-refractivity contribution is 5.18. The molecule has 2 saturated heterocycles. The predicted molar refractivity (Wildman–Crippen MR) is 87.8 cm³/mol. The molecule has 0 spiro atoms. The Balaban J connectivity index is 1.40. The van der Waals surface area contributed by atoms with E-state index in [1.807, 2.05) is 0 Å². The summed E-state index contributed by atoms with van der Waals surface area (Å²) >= 11 is 0. The minimum absolute atomic E-state index is 0.259. The van der Waals surface area contributed by atoms with E-state index >= 15 is 0 Å². The van der Waals surface area contributed by atoms with Crippen LogP contribution in [0.15, 0.2) is 24.3 Å². The summed E-state index contributed by atoms with van der Waals surface area (Å²) in [5.74, 6) is 0.497. The first-order valence-electron chi connectivity index (χ1n) is 8.66. The monoisotopic (exact) mass is 322 g/mol. The van der Waals surface area contributed by atoms with Gasteiger partial charge in [0.2, 0.25) is 0 Å². The van der Waals surface area contributed by atoms with Gasteiger partial charge in [-0.15, -0.1) is 0 Å². The molecule has 0 amide bonds. The second kappa shape index (κ2) is 8.20. The summed E-state index contributed by atoms with van der Waals surface area (Å²) in [7, 11) is 0. The molecule has 5 heteroatoms. The largest absolute Gasteiger partial charge is 0.387 e. The lowest BCUT2D eigenvalue weighted by molar-refractivity contribution is 0.0217. The summed E-state index contributed by atoms with van der Waals surface area (Å²) in [5.41, 5.74) is 0.793. The average Bonchev–Trinajstić information content (AvgIpc) is 2.58. The average molecular weight is 322 g/mol. The fourth-order valence-corrected chi connectivity index (χ4v) is 3.54. The molecule has 0 aromatic heterocycles. The number of aliphatic hydroxyl groups is 1. The minimum atomic E-state index is -0.536. The Labute approximate surface area is 137 Å². The maximum atomic E-state index is 12.9. The Morgan fingerprint density at radius 2 is 1.70 bits per heavy atom. The molecule has 0 radical (unpaired) electrons. The third-order valence-corrected chi connectivity index (χ3v) is 5.01. The van der Waals surface area contributed by atoms with Gasteiger partial charge in [0, 0.05) is 26.2 Å². The number of morpholine rings is 1. The lowest BCUT2D eigenvalue weighted by atomic mass is 9.95. The van der Waals surface area contributed by atoms with Gasteiger partial charge in [0.05, 0.1) is 19.3 Å². The first-order valence-corrected chi connectivity index (χ1v) is 8.66. The molecule has 1 atom stereocenters. The Bertz CT molecular complexity index is 468. The Morgan fingerprint density at radius 3 is 2.35 bits per heavy atom. The summed E-state index contributed by atoms with van der Waals surface area (Å²) in [6.45, 7) is 7.73. The molecule has 23 heavy (non-hydrogen) atoms. The van der Waals surface area contributed by atoms with Crippen molar-refractivity contribution in [2.45, 2.75) is 18.9 Å². The van der Waals surface area contributed by atoms with E-state index in [2.05, 4.69) is 9.80 Å². The fourth-order valence-electron chi connectivity index (χ4n) is 3.54. The highest BCUT2D eigenvalue weighted by atomic mass is 19.1. The van der Waals surface area contributed by atoms with Crippen molar-refractivity contribution in [3.63, 3.8) is 0 Å². The third kappa shape index (κ3) is 4.98. The lowest BCUT2D eigenvalue weighted by Crippen LogP contribution is -2.43. The number of likely N-dealkylation sites (tertiary alicyclic amines) is 1. The molecule has 2 fully saturated rings. The van der Waals surface area contributed by atoms with E-state index in [0.29, 0.717) is 6.54 Å². The normalized spacial score (nSPS) is 23.0. The molecule has 1 N–H and O–H groups in total. The number of benzene rings is 1. The van der Waals surface area contributed by atoms with E-state index < -0.39 is 6.10 Å². The molecule has 2 aliphatic heterocycles. The van der Waals surface area contributed by atoms with Crippen molar-refractivity contribution in [1.82, 2.24) is 9.80 Å². The Hall–Kier alpha value is -1.01.